The minimum absolute atomic E-state index is 0.0360. The van der Waals surface area contributed by atoms with Gasteiger partial charge in [-0.25, -0.2) is 4.79 Å². The molecule has 6 nitrogen and oxygen atoms in total. The summed E-state index contributed by atoms with van der Waals surface area (Å²) < 4.78 is 16.0. The Hall–Kier alpha value is -2.08. The number of pyridine rings is 1. The van der Waals surface area contributed by atoms with Crippen molar-refractivity contribution in [2.75, 3.05) is 33.4 Å². The summed E-state index contributed by atoms with van der Waals surface area (Å²) in [5, 5.41) is 0. The van der Waals surface area contributed by atoms with Crippen LogP contribution in [0.2, 0.25) is 0 Å². The zero-order valence-corrected chi connectivity index (χ0v) is 16.0. The second-order valence-corrected chi connectivity index (χ2v) is 6.69. The number of hydrogen-bond donors (Lipinski definition) is 0. The van der Waals surface area contributed by atoms with Crippen LogP contribution in [0.25, 0.3) is 6.08 Å². The van der Waals surface area contributed by atoms with Gasteiger partial charge >= 0.3 is 6.09 Å². The number of carbonyl (C=O) groups excluding carboxylic acids is 1. The fourth-order valence-corrected chi connectivity index (χ4v) is 2.68. The van der Waals surface area contributed by atoms with Crippen LogP contribution >= 0.6 is 0 Å². The lowest BCUT2D eigenvalue weighted by molar-refractivity contribution is 0.0741. The van der Waals surface area contributed by atoms with E-state index in [2.05, 4.69) is 31.0 Å². The molecule has 0 N–H and O–H groups in total. The van der Waals surface area contributed by atoms with Gasteiger partial charge in [0.25, 0.3) is 0 Å². The number of allylic oxidation sites excluding steroid dienone is 1. The average molecular weight is 362 g/mol. The van der Waals surface area contributed by atoms with E-state index < -0.39 is 0 Å². The van der Waals surface area contributed by atoms with E-state index >= 15 is 0 Å². The fraction of sp³-hybridized carbons (Fsp3) is 0.600. The van der Waals surface area contributed by atoms with Crippen molar-refractivity contribution in [2.24, 2.45) is 5.92 Å². The second-order valence-electron chi connectivity index (χ2n) is 6.69. The van der Waals surface area contributed by atoms with Crippen LogP contribution in [-0.4, -0.2) is 55.5 Å². The minimum Gasteiger partial charge on any atom is -0.487 e. The quantitative estimate of drug-likeness (QED) is 0.626. The van der Waals surface area contributed by atoms with Gasteiger partial charge in [-0.3, -0.25) is 4.98 Å². The largest absolute Gasteiger partial charge is 0.487 e. The predicted octanol–water partition coefficient (Wildman–Crippen LogP) is 3.77. The molecule has 0 aliphatic carbocycles. The molecule has 1 fully saturated rings. The van der Waals surface area contributed by atoms with Crippen molar-refractivity contribution >= 4 is 12.2 Å². The molecule has 0 bridgehead atoms. The summed E-state index contributed by atoms with van der Waals surface area (Å²) in [5.74, 6) is 1.42. The molecule has 0 radical (unpaired) electrons. The van der Waals surface area contributed by atoms with Crippen LogP contribution in [0.15, 0.2) is 24.5 Å². The Kier molecular flexibility index (Phi) is 8.41. The van der Waals surface area contributed by atoms with Gasteiger partial charge in [0.1, 0.15) is 18.5 Å². The number of rotatable bonds is 9. The lowest BCUT2D eigenvalue weighted by Crippen LogP contribution is -2.32. The van der Waals surface area contributed by atoms with Crippen LogP contribution in [0.3, 0.4) is 0 Å². The topological polar surface area (TPSA) is 60.9 Å². The summed E-state index contributed by atoms with van der Waals surface area (Å²) in [7, 11) is 1.58. The molecular formula is C20H30N2O4. The van der Waals surface area contributed by atoms with Crippen molar-refractivity contribution in [1.29, 1.82) is 0 Å². The number of likely N-dealkylation sites (tertiary alicyclic amines) is 1. The first kappa shape index (κ1) is 20.2. The summed E-state index contributed by atoms with van der Waals surface area (Å²) in [5.41, 5.74) is 1.03. The third kappa shape index (κ3) is 6.67. The molecule has 26 heavy (non-hydrogen) atoms. The van der Waals surface area contributed by atoms with Gasteiger partial charge in [-0.1, -0.05) is 32.4 Å². The minimum atomic E-state index is -0.312. The van der Waals surface area contributed by atoms with Crippen LogP contribution < -0.4 is 4.74 Å². The molecule has 0 unspecified atom stereocenters. The molecule has 1 saturated heterocycles. The first-order chi connectivity index (χ1) is 12.6. The maximum Gasteiger partial charge on any atom is 0.409 e. The van der Waals surface area contributed by atoms with Crippen molar-refractivity contribution in [3.05, 3.63) is 30.1 Å². The lowest BCUT2D eigenvalue weighted by Gasteiger charge is -2.17. The summed E-state index contributed by atoms with van der Waals surface area (Å²) in [6.45, 7) is 6.29. The Morgan fingerprint density at radius 1 is 1.42 bits per heavy atom. The first-order valence-electron chi connectivity index (χ1n) is 9.31. The number of methoxy groups -OCH3 is 1. The average Bonchev–Trinajstić information content (AvgIpc) is 3.10. The van der Waals surface area contributed by atoms with E-state index in [4.69, 9.17) is 14.2 Å². The smallest absolute Gasteiger partial charge is 0.409 e. The highest BCUT2D eigenvalue weighted by Crippen LogP contribution is 2.20. The van der Waals surface area contributed by atoms with Gasteiger partial charge < -0.3 is 19.1 Å². The van der Waals surface area contributed by atoms with Crippen molar-refractivity contribution in [3.8, 4) is 5.75 Å². The Bertz CT molecular complexity index is 591. The SMILES string of the molecule is CC[C@@H](C)C/C=C/c1cncc(O[C@@H]2CCN(C(=O)OCCOC)C2)c1. The van der Waals surface area contributed by atoms with E-state index in [1.54, 1.807) is 18.2 Å². The summed E-state index contributed by atoms with van der Waals surface area (Å²) in [6, 6.07) is 1.99. The molecule has 144 valence electrons. The maximum atomic E-state index is 11.9. The van der Waals surface area contributed by atoms with Crippen LogP contribution in [-0.2, 0) is 9.47 Å². The van der Waals surface area contributed by atoms with Crippen LogP contribution in [0.4, 0.5) is 4.79 Å². The zero-order valence-electron chi connectivity index (χ0n) is 16.0. The van der Waals surface area contributed by atoms with Crippen LogP contribution in [0.1, 0.15) is 38.7 Å². The number of nitrogens with zero attached hydrogens (tertiary/aromatic N) is 2. The third-order valence-electron chi connectivity index (χ3n) is 4.50. The van der Waals surface area contributed by atoms with Crippen molar-refractivity contribution in [2.45, 2.75) is 39.2 Å². The fourth-order valence-electron chi connectivity index (χ4n) is 2.68. The molecule has 2 heterocycles. The number of ether oxygens (including phenoxy) is 3. The predicted molar refractivity (Wildman–Crippen MR) is 101 cm³/mol. The number of carbonyl (C=O) groups is 1. The molecule has 1 aliphatic heterocycles. The Labute approximate surface area is 156 Å². The number of hydrogen-bond acceptors (Lipinski definition) is 5. The highest BCUT2D eigenvalue weighted by Gasteiger charge is 2.28. The molecule has 6 heteroatoms. The highest BCUT2D eigenvalue weighted by molar-refractivity contribution is 5.68. The van der Waals surface area contributed by atoms with Crippen molar-refractivity contribution in [1.82, 2.24) is 9.88 Å². The van der Waals surface area contributed by atoms with E-state index in [-0.39, 0.29) is 18.8 Å². The molecule has 2 atom stereocenters. The van der Waals surface area contributed by atoms with Gasteiger partial charge in [-0.2, -0.15) is 0 Å². The molecule has 1 amide bonds. The zero-order chi connectivity index (χ0) is 18.8. The molecule has 0 aromatic carbocycles. The van der Waals surface area contributed by atoms with E-state index in [0.717, 1.165) is 24.2 Å². The monoisotopic (exact) mass is 362 g/mol. The Morgan fingerprint density at radius 2 is 2.27 bits per heavy atom. The van der Waals surface area contributed by atoms with Gasteiger partial charge in [0.2, 0.25) is 0 Å². The van der Waals surface area contributed by atoms with Crippen LogP contribution in [0, 0.1) is 5.92 Å². The lowest BCUT2D eigenvalue weighted by atomic mass is 10.0. The van der Waals surface area contributed by atoms with Gasteiger partial charge in [-0.05, 0) is 24.0 Å². The molecule has 1 aliphatic rings. The molecular weight excluding hydrogens is 332 g/mol. The second kappa shape index (κ2) is 10.8. The van der Waals surface area contributed by atoms with Crippen LogP contribution in [0.5, 0.6) is 5.75 Å². The van der Waals surface area contributed by atoms with Gasteiger partial charge in [-0.15, -0.1) is 0 Å². The van der Waals surface area contributed by atoms with E-state index in [9.17, 15) is 4.79 Å². The molecule has 1 aromatic heterocycles. The van der Waals surface area contributed by atoms with Gasteiger partial charge in [0.15, 0.2) is 0 Å². The highest BCUT2D eigenvalue weighted by atomic mass is 16.6. The molecule has 0 spiro atoms. The normalized spacial score (nSPS) is 18.3. The Morgan fingerprint density at radius 3 is 3.04 bits per heavy atom. The van der Waals surface area contributed by atoms with Gasteiger partial charge in [0.05, 0.1) is 19.3 Å². The van der Waals surface area contributed by atoms with Gasteiger partial charge in [0, 0.05) is 26.3 Å². The van der Waals surface area contributed by atoms with E-state index in [1.165, 1.54) is 6.42 Å². The summed E-state index contributed by atoms with van der Waals surface area (Å²) in [6.07, 6.45) is 10.5. The standard InChI is InChI=1S/C20H30N2O4/c1-4-16(2)6-5-7-17-12-19(14-21-13-17)26-18-8-9-22(15-18)20(23)25-11-10-24-3/h5,7,12-14,16,18H,4,6,8-11,15H2,1-3H3/b7-5+/t16-,18-/m1/s1. The molecule has 0 saturated carbocycles. The maximum absolute atomic E-state index is 11.9. The molecule has 2 rings (SSSR count). The third-order valence-corrected chi connectivity index (χ3v) is 4.50. The number of aromatic nitrogens is 1. The summed E-state index contributed by atoms with van der Waals surface area (Å²) in [4.78, 5) is 17.9. The first-order valence-corrected chi connectivity index (χ1v) is 9.31. The van der Waals surface area contributed by atoms with Crippen molar-refractivity contribution in [3.63, 3.8) is 0 Å². The van der Waals surface area contributed by atoms with E-state index in [0.29, 0.717) is 25.6 Å². The summed E-state index contributed by atoms with van der Waals surface area (Å²) >= 11 is 0. The Balaban J connectivity index is 1.82. The van der Waals surface area contributed by atoms with E-state index in [1.807, 2.05) is 12.3 Å². The van der Waals surface area contributed by atoms with Crippen molar-refractivity contribution < 1.29 is 19.0 Å². The number of amides is 1. The molecule has 1 aromatic rings.